The number of halogens is 3. The highest BCUT2D eigenvalue weighted by atomic mass is 19.1. The van der Waals surface area contributed by atoms with E-state index in [0.29, 0.717) is 17.1 Å². The topological polar surface area (TPSA) is 67.4 Å². The Labute approximate surface area is 176 Å². The average molecular weight is 419 g/mol. The highest BCUT2D eigenvalue weighted by molar-refractivity contribution is 5.59. The molecule has 1 aromatic carbocycles. The van der Waals surface area contributed by atoms with E-state index in [0.717, 1.165) is 6.07 Å². The fourth-order valence-electron chi connectivity index (χ4n) is 3.25. The van der Waals surface area contributed by atoms with E-state index in [1.807, 2.05) is 13.8 Å². The quantitative estimate of drug-likeness (QED) is 0.439. The first-order chi connectivity index (χ1) is 14.8. The second-order valence-electron chi connectivity index (χ2n) is 7.39. The third-order valence-electron chi connectivity index (χ3n) is 5.08. The minimum atomic E-state index is -0.984. The summed E-state index contributed by atoms with van der Waals surface area (Å²) in [6.07, 6.45) is 2.89. The lowest BCUT2D eigenvalue weighted by molar-refractivity contribution is 0.559. The van der Waals surface area contributed by atoms with Gasteiger partial charge in [-0.2, -0.15) is 14.8 Å². The number of pyridine rings is 2. The Balaban J connectivity index is 1.74. The molecule has 0 saturated heterocycles. The Morgan fingerprint density at radius 2 is 1.77 bits per heavy atom. The molecule has 0 radical (unpaired) electrons. The molecule has 4 rings (SSSR count). The zero-order chi connectivity index (χ0) is 22.2. The average Bonchev–Trinajstić information content (AvgIpc) is 3.25. The van der Waals surface area contributed by atoms with Gasteiger partial charge in [0.1, 0.15) is 23.1 Å². The van der Waals surface area contributed by atoms with Crippen molar-refractivity contribution in [2.75, 3.05) is 0 Å². The van der Waals surface area contributed by atoms with Crippen LogP contribution in [-0.4, -0.2) is 19.7 Å². The van der Waals surface area contributed by atoms with Gasteiger partial charge >= 0.3 is 0 Å². The molecule has 154 valence electrons. The van der Waals surface area contributed by atoms with Gasteiger partial charge in [0.15, 0.2) is 5.82 Å². The molecule has 0 saturated carbocycles. The minimum absolute atomic E-state index is 0.0425. The van der Waals surface area contributed by atoms with Gasteiger partial charge in [0, 0.05) is 12.4 Å². The summed E-state index contributed by atoms with van der Waals surface area (Å²) in [5.41, 5.74) is 0.471. The number of hydrogen-bond acceptors (Lipinski definition) is 4. The van der Waals surface area contributed by atoms with Crippen molar-refractivity contribution < 1.29 is 13.2 Å². The van der Waals surface area contributed by atoms with Crippen LogP contribution >= 0.6 is 0 Å². The standard InChI is InChI=1S/C23H16F3N5/c1-23(2,19-7-3-6-17(29-19)14-5-4-11-28-22(14)26)20-10-12-31(30-20)18-9-8-16(24)15(13-27)21(18)25/h3-12H,1-2H3. The third kappa shape index (κ3) is 3.55. The summed E-state index contributed by atoms with van der Waals surface area (Å²) in [7, 11) is 0. The summed E-state index contributed by atoms with van der Waals surface area (Å²) < 4.78 is 43.5. The highest BCUT2D eigenvalue weighted by Crippen LogP contribution is 2.31. The Morgan fingerprint density at radius 1 is 0.968 bits per heavy atom. The molecule has 0 fully saturated rings. The van der Waals surface area contributed by atoms with E-state index < -0.39 is 28.6 Å². The first kappa shape index (κ1) is 20.3. The van der Waals surface area contributed by atoms with Gasteiger partial charge in [-0.1, -0.05) is 6.07 Å². The normalized spacial score (nSPS) is 11.4. The first-order valence-corrected chi connectivity index (χ1v) is 9.36. The molecule has 0 bridgehead atoms. The van der Waals surface area contributed by atoms with Gasteiger partial charge in [-0.05, 0) is 56.3 Å². The van der Waals surface area contributed by atoms with Gasteiger partial charge in [0.2, 0.25) is 5.95 Å². The SMILES string of the molecule is CC(C)(c1cccc(-c2cccnc2F)n1)c1ccn(-c2ccc(F)c(C#N)c2F)n1. The summed E-state index contributed by atoms with van der Waals surface area (Å²) in [6, 6.07) is 13.9. The van der Waals surface area contributed by atoms with Crippen LogP contribution in [0.1, 0.15) is 30.8 Å². The molecule has 0 atom stereocenters. The Morgan fingerprint density at radius 3 is 2.52 bits per heavy atom. The zero-order valence-electron chi connectivity index (χ0n) is 16.6. The maximum Gasteiger partial charge on any atom is 0.222 e. The predicted octanol–water partition coefficient (Wildman–Crippen LogP) is 4.94. The fraction of sp³-hybridized carbons (Fsp3) is 0.130. The van der Waals surface area contributed by atoms with Crippen molar-refractivity contribution in [1.29, 1.82) is 5.26 Å². The van der Waals surface area contributed by atoms with Crippen LogP contribution < -0.4 is 0 Å². The largest absolute Gasteiger partial charge is 0.252 e. The molecule has 0 spiro atoms. The van der Waals surface area contributed by atoms with Crippen molar-refractivity contribution in [3.63, 3.8) is 0 Å². The summed E-state index contributed by atoms with van der Waals surface area (Å²) in [6.45, 7) is 3.76. The van der Waals surface area contributed by atoms with E-state index in [1.54, 1.807) is 36.4 Å². The minimum Gasteiger partial charge on any atom is -0.252 e. The van der Waals surface area contributed by atoms with Gasteiger partial charge in [-0.15, -0.1) is 0 Å². The summed E-state index contributed by atoms with van der Waals surface area (Å²) in [5.74, 6) is -2.53. The van der Waals surface area contributed by atoms with Crippen molar-refractivity contribution in [1.82, 2.24) is 19.7 Å². The molecular formula is C23H16F3N5. The number of benzene rings is 1. The number of aromatic nitrogens is 4. The number of nitriles is 1. The van der Waals surface area contributed by atoms with Gasteiger partial charge in [0.25, 0.3) is 0 Å². The van der Waals surface area contributed by atoms with E-state index in [9.17, 15) is 13.2 Å². The Kier molecular flexibility index (Phi) is 5.03. The zero-order valence-corrected chi connectivity index (χ0v) is 16.6. The van der Waals surface area contributed by atoms with Crippen molar-refractivity contribution in [3.8, 4) is 23.0 Å². The summed E-state index contributed by atoms with van der Waals surface area (Å²) in [5, 5.41) is 13.4. The number of rotatable bonds is 4. The van der Waals surface area contributed by atoms with Crippen molar-refractivity contribution >= 4 is 0 Å². The van der Waals surface area contributed by atoms with Crippen LogP contribution in [0.4, 0.5) is 13.2 Å². The second kappa shape index (κ2) is 7.69. The highest BCUT2D eigenvalue weighted by Gasteiger charge is 2.28. The molecule has 8 heteroatoms. The van der Waals surface area contributed by atoms with E-state index in [1.165, 1.54) is 29.2 Å². The molecule has 3 heterocycles. The molecule has 31 heavy (non-hydrogen) atoms. The Hall–Kier alpha value is -3.99. The van der Waals surface area contributed by atoms with Gasteiger partial charge < -0.3 is 0 Å². The van der Waals surface area contributed by atoms with E-state index in [4.69, 9.17) is 5.26 Å². The fourth-order valence-corrected chi connectivity index (χ4v) is 3.25. The molecule has 0 aliphatic rings. The van der Waals surface area contributed by atoms with Crippen LogP contribution in [0.2, 0.25) is 0 Å². The Bertz CT molecular complexity index is 1320. The van der Waals surface area contributed by atoms with E-state index in [2.05, 4.69) is 15.1 Å². The van der Waals surface area contributed by atoms with Crippen molar-refractivity contribution in [2.45, 2.75) is 19.3 Å². The van der Waals surface area contributed by atoms with Crippen molar-refractivity contribution in [2.24, 2.45) is 0 Å². The first-order valence-electron chi connectivity index (χ1n) is 9.36. The van der Waals surface area contributed by atoms with Crippen LogP contribution in [0.3, 0.4) is 0 Å². The lowest BCUT2D eigenvalue weighted by Gasteiger charge is -2.22. The predicted molar refractivity (Wildman–Crippen MR) is 108 cm³/mol. The smallest absolute Gasteiger partial charge is 0.222 e. The summed E-state index contributed by atoms with van der Waals surface area (Å²) >= 11 is 0. The van der Waals surface area contributed by atoms with E-state index >= 15 is 0 Å². The van der Waals surface area contributed by atoms with E-state index in [-0.39, 0.29) is 11.3 Å². The molecule has 4 aromatic rings. The van der Waals surface area contributed by atoms with Crippen LogP contribution in [0.25, 0.3) is 16.9 Å². The molecule has 0 aliphatic carbocycles. The van der Waals surface area contributed by atoms with Gasteiger partial charge in [0.05, 0.1) is 28.1 Å². The van der Waals surface area contributed by atoms with Gasteiger partial charge in [-0.3, -0.25) is 4.98 Å². The lowest BCUT2D eigenvalue weighted by Crippen LogP contribution is -2.22. The molecule has 0 amide bonds. The number of hydrogen-bond donors (Lipinski definition) is 0. The monoisotopic (exact) mass is 419 g/mol. The van der Waals surface area contributed by atoms with Crippen LogP contribution in [0.15, 0.2) is 60.9 Å². The molecule has 0 unspecified atom stereocenters. The molecule has 3 aromatic heterocycles. The molecule has 0 aliphatic heterocycles. The van der Waals surface area contributed by atoms with Crippen molar-refractivity contribution in [3.05, 3.63) is 95.5 Å². The molecule has 0 N–H and O–H groups in total. The molecule has 5 nitrogen and oxygen atoms in total. The molecular weight excluding hydrogens is 403 g/mol. The maximum atomic E-state index is 14.5. The lowest BCUT2D eigenvalue weighted by atomic mass is 9.85. The second-order valence-corrected chi connectivity index (χ2v) is 7.39. The summed E-state index contributed by atoms with van der Waals surface area (Å²) in [4.78, 5) is 8.26. The van der Waals surface area contributed by atoms with Gasteiger partial charge in [-0.25, -0.2) is 18.4 Å². The van der Waals surface area contributed by atoms with Crippen LogP contribution in [-0.2, 0) is 5.41 Å². The maximum absolute atomic E-state index is 14.5. The van der Waals surface area contributed by atoms with Crippen LogP contribution in [0, 0.1) is 28.9 Å². The third-order valence-corrected chi connectivity index (χ3v) is 5.08. The van der Waals surface area contributed by atoms with Crippen LogP contribution in [0.5, 0.6) is 0 Å². The number of nitrogens with zero attached hydrogens (tertiary/aromatic N) is 5.